The second-order valence-electron chi connectivity index (χ2n) is 4.14. The van der Waals surface area contributed by atoms with Crippen LogP contribution in [0.25, 0.3) is 6.08 Å². The van der Waals surface area contributed by atoms with Crippen LogP contribution in [-0.4, -0.2) is 17.4 Å². The predicted octanol–water partition coefficient (Wildman–Crippen LogP) is 2.75. The minimum atomic E-state index is -0.345. The van der Waals surface area contributed by atoms with Crippen molar-refractivity contribution in [1.82, 2.24) is 0 Å². The number of nitrogens with zero attached hydrogens (tertiary/aromatic N) is 1. The van der Waals surface area contributed by atoms with Gasteiger partial charge in [0.25, 0.3) is 5.91 Å². The Morgan fingerprint density at radius 3 is 2.58 bits per heavy atom. The first-order valence-corrected chi connectivity index (χ1v) is 5.91. The molecule has 0 atom stereocenters. The number of hydrogen-bond donors (Lipinski definition) is 0. The molecule has 0 fully saturated rings. The van der Waals surface area contributed by atoms with Crippen LogP contribution in [0, 0.1) is 0 Å². The molecule has 1 aromatic carbocycles. The summed E-state index contributed by atoms with van der Waals surface area (Å²) in [4.78, 5) is 26.8. The first kappa shape index (κ1) is 12.9. The van der Waals surface area contributed by atoms with Crippen LogP contribution in [0.15, 0.2) is 65.2 Å². The van der Waals surface area contributed by atoms with Gasteiger partial charge >= 0.3 is 0 Å². The Bertz CT molecular complexity index is 619. The van der Waals surface area contributed by atoms with E-state index < -0.39 is 0 Å². The monoisotopic (exact) mass is 251 g/mol. The Morgan fingerprint density at radius 1 is 1.16 bits per heavy atom. The van der Waals surface area contributed by atoms with E-state index in [2.05, 4.69) is 4.99 Å². The van der Waals surface area contributed by atoms with E-state index in [0.29, 0.717) is 11.3 Å². The number of ketones is 1. The lowest BCUT2D eigenvalue weighted by atomic mass is 10.1. The number of rotatable bonds is 2. The fourth-order valence-corrected chi connectivity index (χ4v) is 1.60. The molecule has 0 N–H and O–H groups in total. The lowest BCUT2D eigenvalue weighted by Gasteiger charge is -2.02. The third-order valence-corrected chi connectivity index (χ3v) is 2.62. The SMILES string of the molecule is CC1=CC(=NC(=O)/C=C/c2ccccc2)C=CC1=O. The van der Waals surface area contributed by atoms with Gasteiger partial charge in [-0.3, -0.25) is 9.59 Å². The first-order chi connectivity index (χ1) is 9.15. The summed E-state index contributed by atoms with van der Waals surface area (Å²) in [6.45, 7) is 1.70. The second kappa shape index (κ2) is 5.87. The number of aliphatic imine (C=N–C) groups is 1. The molecule has 0 radical (unpaired) electrons. The zero-order valence-corrected chi connectivity index (χ0v) is 10.5. The predicted molar refractivity (Wildman–Crippen MR) is 75.8 cm³/mol. The molecule has 0 aromatic heterocycles. The molecule has 94 valence electrons. The van der Waals surface area contributed by atoms with Crippen LogP contribution < -0.4 is 0 Å². The minimum Gasteiger partial charge on any atom is -0.290 e. The van der Waals surface area contributed by atoms with E-state index in [9.17, 15) is 9.59 Å². The number of allylic oxidation sites excluding steroid dienone is 4. The maximum Gasteiger partial charge on any atom is 0.270 e. The van der Waals surface area contributed by atoms with Gasteiger partial charge in [-0.2, -0.15) is 0 Å². The lowest BCUT2D eigenvalue weighted by molar-refractivity contribution is -0.113. The van der Waals surface area contributed by atoms with Gasteiger partial charge in [0.2, 0.25) is 0 Å². The molecule has 0 aliphatic heterocycles. The second-order valence-corrected chi connectivity index (χ2v) is 4.14. The van der Waals surface area contributed by atoms with Crippen molar-refractivity contribution < 1.29 is 9.59 Å². The number of amides is 1. The van der Waals surface area contributed by atoms with E-state index in [0.717, 1.165) is 5.56 Å². The summed E-state index contributed by atoms with van der Waals surface area (Å²) < 4.78 is 0. The van der Waals surface area contributed by atoms with Gasteiger partial charge in [-0.05, 0) is 42.4 Å². The van der Waals surface area contributed by atoms with E-state index in [4.69, 9.17) is 0 Å². The summed E-state index contributed by atoms with van der Waals surface area (Å²) >= 11 is 0. The van der Waals surface area contributed by atoms with Crippen LogP contribution in [0.1, 0.15) is 12.5 Å². The molecule has 0 bridgehead atoms. The van der Waals surface area contributed by atoms with Crippen molar-refractivity contribution in [2.75, 3.05) is 0 Å². The molecule has 1 amide bonds. The highest BCUT2D eigenvalue weighted by atomic mass is 16.1. The number of carbonyl (C=O) groups is 2. The highest BCUT2D eigenvalue weighted by Gasteiger charge is 2.07. The van der Waals surface area contributed by atoms with Crippen LogP contribution in [0.4, 0.5) is 0 Å². The van der Waals surface area contributed by atoms with Crippen LogP contribution >= 0.6 is 0 Å². The molecule has 3 nitrogen and oxygen atoms in total. The van der Waals surface area contributed by atoms with E-state index >= 15 is 0 Å². The standard InChI is InChI=1S/C16H13NO2/c1-12-11-14(8-9-15(12)18)17-16(19)10-7-13-5-3-2-4-6-13/h2-11H,1H3/b10-7+,17-14?. The van der Waals surface area contributed by atoms with Crippen LogP contribution in [0.3, 0.4) is 0 Å². The Morgan fingerprint density at radius 2 is 1.89 bits per heavy atom. The molecule has 0 saturated carbocycles. The van der Waals surface area contributed by atoms with Crippen LogP contribution in [-0.2, 0) is 9.59 Å². The van der Waals surface area contributed by atoms with Crippen molar-refractivity contribution in [3.63, 3.8) is 0 Å². The maximum absolute atomic E-state index is 11.7. The highest BCUT2D eigenvalue weighted by molar-refractivity contribution is 6.21. The van der Waals surface area contributed by atoms with Gasteiger partial charge in [-0.1, -0.05) is 30.3 Å². The van der Waals surface area contributed by atoms with Gasteiger partial charge in [0.05, 0.1) is 5.71 Å². The Hall–Kier alpha value is -2.55. The summed E-state index contributed by atoms with van der Waals surface area (Å²) in [5, 5.41) is 0. The van der Waals surface area contributed by atoms with Crippen LogP contribution in [0.5, 0.6) is 0 Å². The van der Waals surface area contributed by atoms with Crippen molar-refractivity contribution in [3.8, 4) is 0 Å². The van der Waals surface area contributed by atoms with Gasteiger partial charge < -0.3 is 0 Å². The molecule has 1 aromatic rings. The number of carbonyl (C=O) groups excluding carboxylic acids is 2. The normalized spacial score (nSPS) is 17.0. The zero-order valence-electron chi connectivity index (χ0n) is 10.5. The smallest absolute Gasteiger partial charge is 0.270 e. The zero-order chi connectivity index (χ0) is 13.7. The van der Waals surface area contributed by atoms with E-state index in [1.807, 2.05) is 30.3 Å². The minimum absolute atomic E-state index is 0.0498. The summed E-state index contributed by atoms with van der Waals surface area (Å²) in [6, 6.07) is 9.52. The average Bonchev–Trinajstić information content (AvgIpc) is 2.42. The number of hydrogen-bond acceptors (Lipinski definition) is 2. The third-order valence-electron chi connectivity index (χ3n) is 2.62. The maximum atomic E-state index is 11.7. The molecule has 2 rings (SSSR count). The van der Waals surface area contributed by atoms with Crippen LogP contribution in [0.2, 0.25) is 0 Å². The Labute approximate surface area is 111 Å². The summed E-state index contributed by atoms with van der Waals surface area (Å²) in [7, 11) is 0. The quantitative estimate of drug-likeness (QED) is 0.599. The largest absolute Gasteiger partial charge is 0.290 e. The lowest BCUT2D eigenvalue weighted by Crippen LogP contribution is -2.06. The van der Waals surface area contributed by atoms with Gasteiger partial charge in [-0.25, -0.2) is 4.99 Å². The summed E-state index contributed by atoms with van der Waals surface area (Å²) in [6.07, 6.45) is 7.69. The fraction of sp³-hybridized carbons (Fsp3) is 0.0625. The van der Waals surface area contributed by atoms with Gasteiger partial charge in [-0.15, -0.1) is 0 Å². The van der Waals surface area contributed by atoms with Gasteiger partial charge in [0.1, 0.15) is 0 Å². The third kappa shape index (κ3) is 3.71. The van der Waals surface area contributed by atoms with E-state index in [1.165, 1.54) is 12.2 Å². The molecule has 1 aliphatic rings. The molecule has 0 saturated heterocycles. The molecule has 0 heterocycles. The van der Waals surface area contributed by atoms with Crippen molar-refractivity contribution in [1.29, 1.82) is 0 Å². The molecule has 0 unspecified atom stereocenters. The molecule has 1 aliphatic carbocycles. The fourth-order valence-electron chi connectivity index (χ4n) is 1.60. The molecular weight excluding hydrogens is 238 g/mol. The van der Waals surface area contributed by atoms with Crippen molar-refractivity contribution in [2.24, 2.45) is 4.99 Å². The van der Waals surface area contributed by atoms with Crippen molar-refractivity contribution in [2.45, 2.75) is 6.92 Å². The summed E-state index contributed by atoms with van der Waals surface area (Å²) in [5.41, 5.74) is 2.03. The molecule has 0 spiro atoms. The average molecular weight is 251 g/mol. The van der Waals surface area contributed by atoms with Crippen molar-refractivity contribution in [3.05, 3.63) is 65.8 Å². The van der Waals surface area contributed by atoms with Crippen molar-refractivity contribution >= 4 is 23.5 Å². The van der Waals surface area contributed by atoms with Gasteiger partial charge in [0.15, 0.2) is 5.78 Å². The number of benzene rings is 1. The Balaban J connectivity index is 2.08. The first-order valence-electron chi connectivity index (χ1n) is 5.91. The van der Waals surface area contributed by atoms with E-state index in [1.54, 1.807) is 25.2 Å². The topological polar surface area (TPSA) is 46.5 Å². The molecule has 3 heteroatoms. The Kier molecular flexibility index (Phi) is 3.98. The highest BCUT2D eigenvalue weighted by Crippen LogP contribution is 2.06. The van der Waals surface area contributed by atoms with Gasteiger partial charge in [0, 0.05) is 6.08 Å². The summed E-state index contributed by atoms with van der Waals surface area (Å²) in [5.74, 6) is -0.395. The molecule has 19 heavy (non-hydrogen) atoms. The van der Waals surface area contributed by atoms with E-state index in [-0.39, 0.29) is 11.7 Å². The molecular formula is C16H13NO2.